The van der Waals surface area contributed by atoms with E-state index in [1.807, 2.05) is 0 Å². The third kappa shape index (κ3) is 2.96. The van der Waals surface area contributed by atoms with Gasteiger partial charge in [0.1, 0.15) is 5.72 Å². The lowest BCUT2D eigenvalue weighted by atomic mass is 9.98. The summed E-state index contributed by atoms with van der Waals surface area (Å²) in [5.74, 6) is 0. The molecule has 0 aromatic carbocycles. The average Bonchev–Trinajstić information content (AvgIpc) is 2.04. The summed E-state index contributed by atoms with van der Waals surface area (Å²) < 4.78 is 5.91. The van der Waals surface area contributed by atoms with Crippen molar-refractivity contribution in [3.63, 3.8) is 0 Å². The summed E-state index contributed by atoms with van der Waals surface area (Å²) >= 11 is 0. The second-order valence-electron chi connectivity index (χ2n) is 4.18. The third-order valence-electron chi connectivity index (χ3n) is 2.75. The van der Waals surface area contributed by atoms with Gasteiger partial charge in [-0.1, -0.05) is 26.7 Å². The van der Waals surface area contributed by atoms with Crippen molar-refractivity contribution >= 4 is 0 Å². The van der Waals surface area contributed by atoms with Gasteiger partial charge in [-0.2, -0.15) is 0 Å². The Bertz CT molecular complexity index is 136. The first-order valence-electron chi connectivity index (χ1n) is 5.64. The molecule has 1 saturated heterocycles. The molecule has 2 nitrogen and oxygen atoms in total. The molecular formula is C11H23NO. The minimum absolute atomic E-state index is 0.00116. The Kier molecular flexibility index (Phi) is 4.20. The molecule has 1 fully saturated rings. The van der Waals surface area contributed by atoms with Crippen molar-refractivity contribution in [2.75, 3.05) is 6.61 Å². The van der Waals surface area contributed by atoms with Crippen molar-refractivity contribution in [3.8, 4) is 0 Å². The van der Waals surface area contributed by atoms with Crippen molar-refractivity contribution < 1.29 is 4.74 Å². The molecule has 0 spiro atoms. The molecule has 1 aliphatic heterocycles. The van der Waals surface area contributed by atoms with Crippen molar-refractivity contribution in [1.82, 2.24) is 5.32 Å². The van der Waals surface area contributed by atoms with E-state index in [4.69, 9.17) is 4.74 Å². The van der Waals surface area contributed by atoms with Crippen LogP contribution in [0.5, 0.6) is 0 Å². The van der Waals surface area contributed by atoms with E-state index < -0.39 is 0 Å². The van der Waals surface area contributed by atoms with Crippen molar-refractivity contribution in [2.45, 2.75) is 64.6 Å². The van der Waals surface area contributed by atoms with E-state index >= 15 is 0 Å². The van der Waals surface area contributed by atoms with Crippen LogP contribution in [-0.4, -0.2) is 18.4 Å². The van der Waals surface area contributed by atoms with Crippen LogP contribution < -0.4 is 5.32 Å². The Hall–Kier alpha value is -0.0800. The fourth-order valence-corrected chi connectivity index (χ4v) is 2.22. The van der Waals surface area contributed by atoms with Gasteiger partial charge in [0.15, 0.2) is 0 Å². The quantitative estimate of drug-likeness (QED) is 0.727. The molecule has 0 bridgehead atoms. The first-order chi connectivity index (χ1) is 6.22. The smallest absolute Gasteiger partial charge is 0.119 e. The van der Waals surface area contributed by atoms with Crippen LogP contribution in [0.2, 0.25) is 0 Å². The lowest BCUT2D eigenvalue weighted by Gasteiger charge is -2.41. The molecule has 1 heterocycles. The molecule has 0 amide bonds. The lowest BCUT2D eigenvalue weighted by Crippen LogP contribution is -2.55. The van der Waals surface area contributed by atoms with Gasteiger partial charge in [-0.05, 0) is 26.2 Å². The van der Waals surface area contributed by atoms with Crippen molar-refractivity contribution in [1.29, 1.82) is 0 Å². The van der Waals surface area contributed by atoms with E-state index in [2.05, 4.69) is 26.1 Å². The molecule has 0 aromatic heterocycles. The molecule has 1 atom stereocenters. The maximum absolute atomic E-state index is 5.91. The molecule has 1 aliphatic rings. The van der Waals surface area contributed by atoms with E-state index in [1.165, 1.54) is 12.8 Å². The van der Waals surface area contributed by atoms with Gasteiger partial charge in [0, 0.05) is 6.04 Å². The van der Waals surface area contributed by atoms with Gasteiger partial charge in [-0.3, -0.25) is 5.32 Å². The Morgan fingerprint density at radius 2 is 1.92 bits per heavy atom. The Balaban J connectivity index is 2.53. The summed E-state index contributed by atoms with van der Waals surface area (Å²) in [7, 11) is 0. The van der Waals surface area contributed by atoms with Gasteiger partial charge in [0.05, 0.1) is 6.61 Å². The van der Waals surface area contributed by atoms with Gasteiger partial charge >= 0.3 is 0 Å². The molecule has 0 radical (unpaired) electrons. The maximum atomic E-state index is 5.91. The molecule has 1 rings (SSSR count). The largest absolute Gasteiger partial charge is 0.361 e. The van der Waals surface area contributed by atoms with Gasteiger partial charge in [0.25, 0.3) is 0 Å². The molecule has 13 heavy (non-hydrogen) atoms. The highest BCUT2D eigenvalue weighted by Gasteiger charge is 2.33. The van der Waals surface area contributed by atoms with Crippen LogP contribution in [0.4, 0.5) is 0 Å². The molecule has 0 aromatic rings. The first-order valence-corrected chi connectivity index (χ1v) is 5.64. The van der Waals surface area contributed by atoms with Gasteiger partial charge < -0.3 is 4.74 Å². The second-order valence-corrected chi connectivity index (χ2v) is 4.18. The number of ether oxygens (including phenoxy) is 1. The zero-order valence-electron chi connectivity index (χ0n) is 9.23. The summed E-state index contributed by atoms with van der Waals surface area (Å²) in [5, 5.41) is 3.61. The number of rotatable bonds is 4. The molecule has 1 unspecified atom stereocenters. The van der Waals surface area contributed by atoms with E-state index in [-0.39, 0.29) is 5.72 Å². The van der Waals surface area contributed by atoms with Gasteiger partial charge in [-0.25, -0.2) is 0 Å². The highest BCUT2D eigenvalue weighted by atomic mass is 16.5. The minimum atomic E-state index is 0.00116. The maximum Gasteiger partial charge on any atom is 0.119 e. The molecule has 1 N–H and O–H groups in total. The van der Waals surface area contributed by atoms with Crippen molar-refractivity contribution in [3.05, 3.63) is 0 Å². The topological polar surface area (TPSA) is 21.3 Å². The SMILES string of the molecule is CCCC1(CCC)NC(C)CCO1. The van der Waals surface area contributed by atoms with Gasteiger partial charge in [0.2, 0.25) is 0 Å². The van der Waals surface area contributed by atoms with E-state index in [1.54, 1.807) is 0 Å². The fourth-order valence-electron chi connectivity index (χ4n) is 2.22. The van der Waals surface area contributed by atoms with Crippen LogP contribution >= 0.6 is 0 Å². The lowest BCUT2D eigenvalue weighted by molar-refractivity contribution is -0.118. The van der Waals surface area contributed by atoms with Crippen LogP contribution in [0.1, 0.15) is 52.9 Å². The summed E-state index contributed by atoms with van der Waals surface area (Å²) in [6.07, 6.45) is 5.82. The van der Waals surface area contributed by atoms with Crippen LogP contribution in [0.3, 0.4) is 0 Å². The summed E-state index contributed by atoms with van der Waals surface area (Å²) in [4.78, 5) is 0. The predicted molar refractivity (Wildman–Crippen MR) is 55.7 cm³/mol. The third-order valence-corrected chi connectivity index (χ3v) is 2.75. The molecular weight excluding hydrogens is 162 g/mol. The standard InChI is InChI=1S/C11H23NO/c1-4-7-11(8-5-2)12-10(3)6-9-13-11/h10,12H,4-9H2,1-3H3. The monoisotopic (exact) mass is 185 g/mol. The number of hydrogen-bond donors (Lipinski definition) is 1. The average molecular weight is 185 g/mol. The Morgan fingerprint density at radius 3 is 2.38 bits per heavy atom. The zero-order valence-corrected chi connectivity index (χ0v) is 9.23. The van der Waals surface area contributed by atoms with Crippen LogP contribution in [0, 0.1) is 0 Å². The normalized spacial score (nSPS) is 27.5. The minimum Gasteiger partial charge on any atom is -0.361 e. The van der Waals surface area contributed by atoms with Gasteiger partial charge in [-0.15, -0.1) is 0 Å². The summed E-state index contributed by atoms with van der Waals surface area (Å²) in [6.45, 7) is 7.63. The van der Waals surface area contributed by atoms with Crippen molar-refractivity contribution in [2.24, 2.45) is 0 Å². The summed E-state index contributed by atoms with van der Waals surface area (Å²) in [6, 6.07) is 0.617. The number of nitrogens with one attached hydrogen (secondary N) is 1. The Morgan fingerprint density at radius 1 is 1.31 bits per heavy atom. The number of hydrogen-bond acceptors (Lipinski definition) is 2. The van der Waals surface area contributed by atoms with Crippen LogP contribution in [-0.2, 0) is 4.74 Å². The zero-order chi connectivity index (χ0) is 9.73. The van der Waals surface area contributed by atoms with Crippen LogP contribution in [0.25, 0.3) is 0 Å². The molecule has 78 valence electrons. The second kappa shape index (κ2) is 4.97. The predicted octanol–water partition coefficient (Wildman–Crippen LogP) is 2.68. The van der Waals surface area contributed by atoms with E-state index in [9.17, 15) is 0 Å². The highest BCUT2D eigenvalue weighted by Crippen LogP contribution is 2.25. The first kappa shape index (κ1) is 11.0. The Labute approximate surface area is 82.0 Å². The van der Waals surface area contributed by atoms with Crippen LogP contribution in [0.15, 0.2) is 0 Å². The summed E-state index contributed by atoms with van der Waals surface area (Å²) in [5.41, 5.74) is 0.00116. The molecule has 0 saturated carbocycles. The van der Waals surface area contributed by atoms with E-state index in [0.717, 1.165) is 25.9 Å². The van der Waals surface area contributed by atoms with E-state index in [0.29, 0.717) is 6.04 Å². The molecule has 2 heteroatoms. The highest BCUT2D eigenvalue weighted by molar-refractivity contribution is 4.84. The fraction of sp³-hybridized carbons (Fsp3) is 1.00. The molecule has 0 aliphatic carbocycles.